The highest BCUT2D eigenvalue weighted by atomic mass is 15.1. The van der Waals surface area contributed by atoms with Gasteiger partial charge in [-0.05, 0) is 52.0 Å². The Bertz CT molecular complexity index is 253. The minimum absolute atomic E-state index is 1.07. The number of benzene rings is 1. The molecule has 1 rings (SSSR count). The van der Waals surface area contributed by atoms with Crippen LogP contribution in [0.5, 0.6) is 0 Å². The Kier molecular flexibility index (Phi) is 5.17. The van der Waals surface area contributed by atoms with Gasteiger partial charge in [0.05, 0.1) is 0 Å². The average Bonchev–Trinajstić information content (AvgIpc) is 2.34. The molecule has 0 aromatic heterocycles. The van der Waals surface area contributed by atoms with E-state index >= 15 is 0 Å². The van der Waals surface area contributed by atoms with Crippen LogP contribution in [-0.2, 0) is 0 Å². The second-order valence-corrected chi connectivity index (χ2v) is 3.86. The largest absolute Gasteiger partial charge is 0.372 e. The average molecular weight is 220 g/mol. The van der Waals surface area contributed by atoms with Crippen LogP contribution < -0.4 is 9.80 Å². The van der Waals surface area contributed by atoms with Gasteiger partial charge in [0, 0.05) is 37.6 Å². The first-order valence-electron chi connectivity index (χ1n) is 6.36. The second kappa shape index (κ2) is 6.41. The van der Waals surface area contributed by atoms with Gasteiger partial charge in [0.1, 0.15) is 0 Å². The van der Waals surface area contributed by atoms with Gasteiger partial charge in [-0.15, -0.1) is 0 Å². The SMILES string of the molecule is CCN(CC)c1ccc(N(CC)CC)cc1. The number of nitrogens with zero attached hydrogens (tertiary/aromatic N) is 2. The minimum Gasteiger partial charge on any atom is -0.372 e. The molecule has 0 N–H and O–H groups in total. The molecule has 0 aliphatic carbocycles. The first-order valence-corrected chi connectivity index (χ1v) is 6.36. The number of anilines is 2. The van der Waals surface area contributed by atoms with Crippen molar-refractivity contribution >= 4 is 11.4 Å². The van der Waals surface area contributed by atoms with Crippen molar-refractivity contribution in [2.75, 3.05) is 36.0 Å². The molecule has 0 aliphatic heterocycles. The summed E-state index contributed by atoms with van der Waals surface area (Å²) >= 11 is 0. The van der Waals surface area contributed by atoms with Crippen LogP contribution in [0.4, 0.5) is 11.4 Å². The van der Waals surface area contributed by atoms with Crippen LogP contribution in [0.2, 0.25) is 0 Å². The molecule has 0 spiro atoms. The molecule has 1 aromatic rings. The molecule has 0 fully saturated rings. The van der Waals surface area contributed by atoms with E-state index in [9.17, 15) is 0 Å². The first-order chi connectivity index (χ1) is 7.76. The summed E-state index contributed by atoms with van der Waals surface area (Å²) in [6, 6.07) is 8.89. The van der Waals surface area contributed by atoms with Crippen molar-refractivity contribution < 1.29 is 0 Å². The Labute approximate surface area is 99.9 Å². The van der Waals surface area contributed by atoms with E-state index in [2.05, 4.69) is 61.8 Å². The third kappa shape index (κ3) is 2.91. The fourth-order valence-corrected chi connectivity index (χ4v) is 2.05. The lowest BCUT2D eigenvalue weighted by atomic mass is 10.2. The zero-order chi connectivity index (χ0) is 12.0. The fourth-order valence-electron chi connectivity index (χ4n) is 2.05. The van der Waals surface area contributed by atoms with E-state index in [-0.39, 0.29) is 0 Å². The van der Waals surface area contributed by atoms with Crippen LogP contribution in [-0.4, -0.2) is 26.2 Å². The third-order valence-electron chi connectivity index (χ3n) is 3.11. The van der Waals surface area contributed by atoms with E-state index in [0.717, 1.165) is 26.2 Å². The molecule has 16 heavy (non-hydrogen) atoms. The summed E-state index contributed by atoms with van der Waals surface area (Å²) in [6.45, 7) is 13.1. The van der Waals surface area contributed by atoms with Crippen molar-refractivity contribution in [3.63, 3.8) is 0 Å². The molecule has 0 heterocycles. The molecule has 90 valence electrons. The molecule has 0 saturated heterocycles. The maximum Gasteiger partial charge on any atom is 0.0367 e. The van der Waals surface area contributed by atoms with Gasteiger partial charge in [0.15, 0.2) is 0 Å². The van der Waals surface area contributed by atoms with Crippen LogP contribution in [0.1, 0.15) is 27.7 Å². The Morgan fingerprint density at radius 1 is 0.625 bits per heavy atom. The smallest absolute Gasteiger partial charge is 0.0367 e. The number of rotatable bonds is 6. The van der Waals surface area contributed by atoms with Crippen molar-refractivity contribution in [2.45, 2.75) is 27.7 Å². The monoisotopic (exact) mass is 220 g/mol. The Balaban J connectivity index is 2.81. The van der Waals surface area contributed by atoms with Crippen molar-refractivity contribution in [1.82, 2.24) is 0 Å². The topological polar surface area (TPSA) is 6.48 Å². The van der Waals surface area contributed by atoms with E-state index in [4.69, 9.17) is 0 Å². The maximum atomic E-state index is 2.37. The number of hydrogen-bond donors (Lipinski definition) is 0. The molecule has 0 bridgehead atoms. The summed E-state index contributed by atoms with van der Waals surface area (Å²) in [5.41, 5.74) is 2.64. The fraction of sp³-hybridized carbons (Fsp3) is 0.571. The Morgan fingerprint density at radius 3 is 1.06 bits per heavy atom. The van der Waals surface area contributed by atoms with E-state index in [1.54, 1.807) is 0 Å². The predicted molar refractivity (Wildman–Crippen MR) is 73.6 cm³/mol. The molecule has 2 nitrogen and oxygen atoms in total. The summed E-state index contributed by atoms with van der Waals surface area (Å²) in [5, 5.41) is 0. The van der Waals surface area contributed by atoms with Gasteiger partial charge in [-0.3, -0.25) is 0 Å². The summed E-state index contributed by atoms with van der Waals surface area (Å²) in [6.07, 6.45) is 0. The zero-order valence-electron chi connectivity index (χ0n) is 11.0. The summed E-state index contributed by atoms with van der Waals surface area (Å²) in [5.74, 6) is 0. The lowest BCUT2D eigenvalue weighted by Crippen LogP contribution is -2.23. The molecule has 0 amide bonds. The molecule has 2 heteroatoms. The number of hydrogen-bond acceptors (Lipinski definition) is 2. The van der Waals surface area contributed by atoms with E-state index in [1.165, 1.54) is 11.4 Å². The Hall–Kier alpha value is -1.18. The van der Waals surface area contributed by atoms with Gasteiger partial charge >= 0.3 is 0 Å². The van der Waals surface area contributed by atoms with Crippen molar-refractivity contribution in [2.24, 2.45) is 0 Å². The molecule has 0 aliphatic rings. The van der Waals surface area contributed by atoms with Crippen LogP contribution in [0.3, 0.4) is 0 Å². The Morgan fingerprint density at radius 2 is 0.875 bits per heavy atom. The minimum atomic E-state index is 1.07. The molecular formula is C14H24N2. The van der Waals surface area contributed by atoms with E-state index < -0.39 is 0 Å². The summed E-state index contributed by atoms with van der Waals surface area (Å²) < 4.78 is 0. The van der Waals surface area contributed by atoms with Crippen LogP contribution in [0.25, 0.3) is 0 Å². The standard InChI is InChI=1S/C14H24N2/c1-5-15(6-2)13-9-11-14(12-10-13)16(7-3)8-4/h9-12H,5-8H2,1-4H3. The highest BCUT2D eigenvalue weighted by molar-refractivity contribution is 5.56. The molecule has 0 atom stereocenters. The molecule has 0 unspecified atom stereocenters. The summed E-state index contributed by atoms with van der Waals surface area (Å²) in [4.78, 5) is 4.73. The van der Waals surface area contributed by atoms with Gasteiger partial charge in [-0.25, -0.2) is 0 Å². The first kappa shape index (κ1) is 12.9. The quantitative estimate of drug-likeness (QED) is 0.725. The third-order valence-corrected chi connectivity index (χ3v) is 3.11. The highest BCUT2D eigenvalue weighted by Gasteiger charge is 2.04. The summed E-state index contributed by atoms with van der Waals surface area (Å²) in [7, 11) is 0. The van der Waals surface area contributed by atoms with Crippen molar-refractivity contribution in [1.29, 1.82) is 0 Å². The molecular weight excluding hydrogens is 196 g/mol. The van der Waals surface area contributed by atoms with Crippen molar-refractivity contribution in [3.8, 4) is 0 Å². The van der Waals surface area contributed by atoms with E-state index in [1.807, 2.05) is 0 Å². The lowest BCUT2D eigenvalue weighted by molar-refractivity contribution is 0.856. The lowest BCUT2D eigenvalue weighted by Gasteiger charge is -2.24. The van der Waals surface area contributed by atoms with Crippen LogP contribution in [0.15, 0.2) is 24.3 Å². The van der Waals surface area contributed by atoms with Gasteiger partial charge in [0.2, 0.25) is 0 Å². The van der Waals surface area contributed by atoms with Crippen molar-refractivity contribution in [3.05, 3.63) is 24.3 Å². The van der Waals surface area contributed by atoms with Crippen LogP contribution in [0, 0.1) is 0 Å². The molecule has 1 aromatic carbocycles. The zero-order valence-corrected chi connectivity index (χ0v) is 11.0. The van der Waals surface area contributed by atoms with E-state index in [0.29, 0.717) is 0 Å². The maximum absolute atomic E-state index is 2.37. The van der Waals surface area contributed by atoms with Crippen LogP contribution >= 0.6 is 0 Å². The highest BCUT2D eigenvalue weighted by Crippen LogP contribution is 2.20. The van der Waals surface area contributed by atoms with Gasteiger partial charge < -0.3 is 9.80 Å². The van der Waals surface area contributed by atoms with Gasteiger partial charge in [-0.2, -0.15) is 0 Å². The van der Waals surface area contributed by atoms with Gasteiger partial charge in [0.25, 0.3) is 0 Å². The molecule has 0 saturated carbocycles. The molecule has 0 radical (unpaired) electrons. The normalized spacial score (nSPS) is 10.2. The second-order valence-electron chi connectivity index (χ2n) is 3.86. The predicted octanol–water partition coefficient (Wildman–Crippen LogP) is 3.38. The van der Waals surface area contributed by atoms with Gasteiger partial charge in [-0.1, -0.05) is 0 Å².